The van der Waals surface area contributed by atoms with Gasteiger partial charge in [0.25, 0.3) is 6.43 Å². The minimum Gasteiger partial charge on any atom is -0.350 e. The van der Waals surface area contributed by atoms with Crippen LogP contribution in [0, 0.1) is 0 Å². The van der Waals surface area contributed by atoms with Crippen LogP contribution in [0.15, 0.2) is 15.3 Å². The lowest BCUT2D eigenvalue weighted by molar-refractivity contribution is 0.111. The van der Waals surface area contributed by atoms with Crippen LogP contribution in [0.3, 0.4) is 0 Å². The Bertz CT molecular complexity index is 389. The predicted octanol–water partition coefficient (Wildman–Crippen LogP) is 1.89. The fourth-order valence-corrected chi connectivity index (χ4v) is 1.18. The minimum atomic E-state index is -2.82. The van der Waals surface area contributed by atoms with E-state index in [1.165, 1.54) is 0 Å². The van der Waals surface area contributed by atoms with Crippen molar-refractivity contribution < 1.29 is 13.6 Å². The Kier molecular flexibility index (Phi) is 2.92. The maximum Gasteiger partial charge on any atom is 0.279 e. The van der Waals surface area contributed by atoms with Crippen LogP contribution in [0.5, 0.6) is 0 Å². The summed E-state index contributed by atoms with van der Waals surface area (Å²) >= 11 is 2.70. The van der Waals surface area contributed by atoms with Crippen LogP contribution in [0.4, 0.5) is 8.78 Å². The van der Waals surface area contributed by atoms with Crippen LogP contribution in [-0.4, -0.2) is 11.3 Å². The summed E-state index contributed by atoms with van der Waals surface area (Å²) in [5.41, 5.74) is -1.38. The van der Waals surface area contributed by atoms with Gasteiger partial charge in [0.05, 0.1) is 10.2 Å². The fourth-order valence-electron chi connectivity index (χ4n) is 0.798. The number of aromatic nitrogens is 1. The summed E-state index contributed by atoms with van der Waals surface area (Å²) < 4.78 is 24.2. The number of carbonyl (C=O) groups excluding carboxylic acids is 1. The van der Waals surface area contributed by atoms with Crippen LogP contribution in [0.2, 0.25) is 0 Å². The molecule has 0 atom stereocenters. The van der Waals surface area contributed by atoms with Crippen LogP contribution in [0.25, 0.3) is 0 Å². The Balaban J connectivity index is 3.41. The zero-order valence-electron chi connectivity index (χ0n) is 6.18. The Hall–Kier alpha value is -1.04. The number of halogens is 3. The van der Waals surface area contributed by atoms with E-state index in [1.54, 1.807) is 0 Å². The van der Waals surface area contributed by atoms with Gasteiger partial charge in [0.2, 0.25) is 0 Å². The number of H-pyrrole nitrogens is 1. The Labute approximate surface area is 79.9 Å². The Morgan fingerprint density at radius 1 is 1.54 bits per heavy atom. The van der Waals surface area contributed by atoms with Crippen molar-refractivity contribution >= 4 is 22.2 Å². The van der Waals surface area contributed by atoms with Gasteiger partial charge in [0.1, 0.15) is 5.69 Å². The summed E-state index contributed by atoms with van der Waals surface area (Å²) in [6.07, 6.45) is -2.51. The molecule has 0 aromatic carbocycles. The number of hydrogen-bond acceptors (Lipinski definition) is 2. The highest BCUT2D eigenvalue weighted by atomic mass is 79.9. The summed E-state index contributed by atoms with van der Waals surface area (Å²) in [4.78, 5) is 23.3. The van der Waals surface area contributed by atoms with E-state index in [0.29, 0.717) is 6.29 Å². The molecule has 13 heavy (non-hydrogen) atoms. The van der Waals surface area contributed by atoms with E-state index in [2.05, 4.69) is 20.9 Å². The molecule has 0 fully saturated rings. The van der Waals surface area contributed by atoms with E-state index in [9.17, 15) is 18.4 Å². The van der Waals surface area contributed by atoms with Gasteiger partial charge in [-0.25, -0.2) is 8.78 Å². The fraction of sp³-hybridized carbons (Fsp3) is 0.143. The SMILES string of the molecule is O=Cc1cc(=O)c(Br)c(C(F)F)[nH]1. The summed E-state index contributed by atoms with van der Waals surface area (Å²) in [5.74, 6) is 0. The van der Waals surface area contributed by atoms with Gasteiger partial charge in [-0.1, -0.05) is 0 Å². The molecule has 0 aliphatic heterocycles. The summed E-state index contributed by atoms with van der Waals surface area (Å²) in [5, 5.41) is 0. The number of pyridine rings is 1. The lowest BCUT2D eigenvalue weighted by atomic mass is 10.3. The molecule has 0 spiro atoms. The standard InChI is InChI=1S/C7H4BrF2NO2/c8-5-4(13)1-3(2-12)11-6(5)7(9)10/h1-2,7H,(H,11,13). The summed E-state index contributed by atoms with van der Waals surface area (Å²) in [7, 11) is 0. The number of hydrogen-bond donors (Lipinski definition) is 1. The maximum atomic E-state index is 12.2. The molecule has 0 saturated carbocycles. The first kappa shape index (κ1) is 10.0. The Morgan fingerprint density at radius 3 is 2.62 bits per heavy atom. The van der Waals surface area contributed by atoms with Gasteiger partial charge in [0, 0.05) is 6.07 Å². The van der Waals surface area contributed by atoms with E-state index in [1.807, 2.05) is 0 Å². The molecule has 1 rings (SSSR count). The third-order valence-electron chi connectivity index (χ3n) is 1.36. The second-order valence-electron chi connectivity index (χ2n) is 2.24. The third-order valence-corrected chi connectivity index (χ3v) is 2.18. The smallest absolute Gasteiger partial charge is 0.279 e. The summed E-state index contributed by atoms with van der Waals surface area (Å²) in [6.45, 7) is 0. The lowest BCUT2D eigenvalue weighted by Crippen LogP contribution is -2.09. The quantitative estimate of drug-likeness (QED) is 0.817. The van der Waals surface area contributed by atoms with Gasteiger partial charge in [-0.05, 0) is 15.9 Å². The number of alkyl halides is 2. The van der Waals surface area contributed by atoms with Crippen molar-refractivity contribution in [2.45, 2.75) is 6.43 Å². The molecule has 6 heteroatoms. The molecule has 1 aromatic heterocycles. The molecule has 0 unspecified atom stereocenters. The van der Waals surface area contributed by atoms with Crippen molar-refractivity contribution in [3.05, 3.63) is 32.2 Å². The first-order chi connectivity index (χ1) is 6.06. The van der Waals surface area contributed by atoms with Gasteiger partial charge in [0.15, 0.2) is 11.7 Å². The lowest BCUT2D eigenvalue weighted by Gasteiger charge is -2.02. The second kappa shape index (κ2) is 3.78. The van der Waals surface area contributed by atoms with E-state index < -0.39 is 17.5 Å². The zero-order valence-corrected chi connectivity index (χ0v) is 7.77. The number of rotatable bonds is 2. The highest BCUT2D eigenvalue weighted by Gasteiger charge is 2.15. The molecule has 0 radical (unpaired) electrons. The molecule has 0 aliphatic carbocycles. The van der Waals surface area contributed by atoms with Crippen LogP contribution >= 0.6 is 15.9 Å². The number of aromatic amines is 1. The number of aldehydes is 1. The van der Waals surface area contributed by atoms with Crippen molar-refractivity contribution in [3.8, 4) is 0 Å². The van der Waals surface area contributed by atoms with Gasteiger partial charge in [-0.3, -0.25) is 9.59 Å². The van der Waals surface area contributed by atoms with Crippen molar-refractivity contribution in [3.63, 3.8) is 0 Å². The van der Waals surface area contributed by atoms with Crippen LogP contribution < -0.4 is 5.43 Å². The largest absolute Gasteiger partial charge is 0.350 e. The van der Waals surface area contributed by atoms with Gasteiger partial charge in [-0.15, -0.1) is 0 Å². The molecule has 0 saturated heterocycles. The van der Waals surface area contributed by atoms with E-state index >= 15 is 0 Å². The van der Waals surface area contributed by atoms with E-state index in [-0.39, 0.29) is 10.2 Å². The molecular formula is C7H4BrF2NO2. The second-order valence-corrected chi connectivity index (χ2v) is 3.03. The van der Waals surface area contributed by atoms with Crippen molar-refractivity contribution in [1.29, 1.82) is 0 Å². The summed E-state index contributed by atoms with van der Waals surface area (Å²) in [6, 6.07) is 0.947. The highest BCUT2D eigenvalue weighted by molar-refractivity contribution is 9.10. The number of nitrogens with one attached hydrogen (secondary N) is 1. The van der Waals surface area contributed by atoms with Crippen LogP contribution in [0.1, 0.15) is 22.6 Å². The molecule has 1 heterocycles. The van der Waals surface area contributed by atoms with Crippen molar-refractivity contribution in [2.24, 2.45) is 0 Å². The third kappa shape index (κ3) is 2.00. The maximum absolute atomic E-state index is 12.2. The predicted molar refractivity (Wildman–Crippen MR) is 45.1 cm³/mol. The topological polar surface area (TPSA) is 49.9 Å². The molecular weight excluding hydrogens is 248 g/mol. The molecule has 0 bridgehead atoms. The molecule has 0 amide bonds. The molecule has 0 aliphatic rings. The van der Waals surface area contributed by atoms with Gasteiger partial charge in [-0.2, -0.15) is 0 Å². The zero-order chi connectivity index (χ0) is 10.0. The number of carbonyl (C=O) groups is 1. The average molecular weight is 252 g/mol. The monoisotopic (exact) mass is 251 g/mol. The van der Waals surface area contributed by atoms with Gasteiger partial charge < -0.3 is 4.98 Å². The van der Waals surface area contributed by atoms with Gasteiger partial charge >= 0.3 is 0 Å². The first-order valence-electron chi connectivity index (χ1n) is 3.22. The molecule has 70 valence electrons. The molecule has 1 aromatic rings. The Morgan fingerprint density at radius 2 is 2.15 bits per heavy atom. The highest BCUT2D eigenvalue weighted by Crippen LogP contribution is 2.22. The van der Waals surface area contributed by atoms with Crippen molar-refractivity contribution in [1.82, 2.24) is 4.98 Å². The molecule has 3 nitrogen and oxygen atoms in total. The molecule has 1 N–H and O–H groups in total. The van der Waals surface area contributed by atoms with Crippen LogP contribution in [-0.2, 0) is 0 Å². The van der Waals surface area contributed by atoms with E-state index in [4.69, 9.17) is 0 Å². The first-order valence-corrected chi connectivity index (χ1v) is 4.01. The minimum absolute atomic E-state index is 0.163. The normalized spacial score (nSPS) is 10.5. The van der Waals surface area contributed by atoms with E-state index in [0.717, 1.165) is 6.07 Å². The van der Waals surface area contributed by atoms with Crippen molar-refractivity contribution in [2.75, 3.05) is 0 Å². The average Bonchev–Trinajstić information content (AvgIpc) is 2.09.